The third-order valence-electron chi connectivity index (χ3n) is 6.40. The van der Waals surface area contributed by atoms with E-state index in [4.69, 9.17) is 15.2 Å². The molecule has 3 N–H and O–H groups in total. The highest BCUT2D eigenvalue weighted by atomic mass is 16.7. The minimum absolute atomic E-state index is 0.00540. The first-order valence-corrected chi connectivity index (χ1v) is 11.6. The molecular formula is C28H34N2O3. The standard InChI is InChI=1S/C28H34N2O3/c1-20-26(18-30(2)17-22-6-4-3-5-7-22)32-28(25-14-8-21(16-29)9-15-25)33-27(20)24-12-10-23(19-31)11-13-24/h3-15,20,26-28,31H,16-19,29H2,1-2H3/t20-,26+,27+,28+/m1/s1. The predicted octanol–water partition coefficient (Wildman–Crippen LogP) is 4.56. The summed E-state index contributed by atoms with van der Waals surface area (Å²) in [6.07, 6.45) is -0.569. The molecule has 1 aliphatic rings. The lowest BCUT2D eigenvalue weighted by atomic mass is 9.90. The van der Waals surface area contributed by atoms with E-state index >= 15 is 0 Å². The van der Waals surface area contributed by atoms with Gasteiger partial charge in [-0.1, -0.05) is 85.8 Å². The number of ether oxygens (including phenoxy) is 2. The largest absolute Gasteiger partial charge is 0.392 e. The van der Waals surface area contributed by atoms with Crippen LogP contribution in [0.1, 0.15) is 47.1 Å². The van der Waals surface area contributed by atoms with Gasteiger partial charge in [0.15, 0.2) is 6.29 Å². The van der Waals surface area contributed by atoms with Gasteiger partial charge in [-0.15, -0.1) is 0 Å². The molecule has 0 radical (unpaired) electrons. The summed E-state index contributed by atoms with van der Waals surface area (Å²) in [4.78, 5) is 2.31. The first kappa shape index (κ1) is 23.6. The fourth-order valence-electron chi connectivity index (χ4n) is 4.41. The first-order valence-electron chi connectivity index (χ1n) is 11.6. The van der Waals surface area contributed by atoms with Crippen molar-refractivity contribution in [2.75, 3.05) is 13.6 Å². The Kier molecular flexibility index (Phi) is 7.91. The van der Waals surface area contributed by atoms with Crippen LogP contribution in [0.5, 0.6) is 0 Å². The van der Waals surface area contributed by atoms with Crippen LogP contribution in [0.3, 0.4) is 0 Å². The van der Waals surface area contributed by atoms with E-state index in [-0.39, 0.29) is 24.7 Å². The number of rotatable bonds is 8. The van der Waals surface area contributed by atoms with Gasteiger partial charge in [0.25, 0.3) is 0 Å². The zero-order valence-electron chi connectivity index (χ0n) is 19.4. The van der Waals surface area contributed by atoms with Crippen LogP contribution in [0.25, 0.3) is 0 Å². The molecule has 0 bridgehead atoms. The number of nitrogens with two attached hydrogens (primary N) is 1. The average molecular weight is 447 g/mol. The Bertz CT molecular complexity index is 992. The molecule has 4 atom stereocenters. The van der Waals surface area contributed by atoms with E-state index in [2.05, 4.69) is 55.3 Å². The fraction of sp³-hybridized carbons (Fsp3) is 0.357. The molecule has 174 valence electrons. The van der Waals surface area contributed by atoms with E-state index in [9.17, 15) is 5.11 Å². The minimum atomic E-state index is -0.453. The highest BCUT2D eigenvalue weighted by Crippen LogP contribution is 2.41. The Labute approximate surface area is 196 Å². The summed E-state index contributed by atoms with van der Waals surface area (Å²) >= 11 is 0. The molecule has 33 heavy (non-hydrogen) atoms. The molecule has 3 aromatic rings. The van der Waals surface area contributed by atoms with Crippen molar-refractivity contribution in [3.63, 3.8) is 0 Å². The van der Waals surface area contributed by atoms with E-state index in [1.165, 1.54) is 5.56 Å². The zero-order valence-corrected chi connectivity index (χ0v) is 19.4. The summed E-state index contributed by atoms with van der Waals surface area (Å²) in [6, 6.07) is 26.7. The number of hydrogen-bond acceptors (Lipinski definition) is 5. The van der Waals surface area contributed by atoms with Crippen LogP contribution in [-0.4, -0.2) is 29.7 Å². The van der Waals surface area contributed by atoms with Crippen molar-refractivity contribution in [3.05, 3.63) is 107 Å². The van der Waals surface area contributed by atoms with Crippen LogP contribution in [0, 0.1) is 5.92 Å². The molecule has 0 aliphatic carbocycles. The van der Waals surface area contributed by atoms with Crippen molar-refractivity contribution in [2.45, 2.75) is 45.1 Å². The highest BCUT2D eigenvalue weighted by Gasteiger charge is 2.38. The van der Waals surface area contributed by atoms with E-state index in [0.29, 0.717) is 6.54 Å². The van der Waals surface area contributed by atoms with Crippen LogP contribution < -0.4 is 5.73 Å². The van der Waals surface area contributed by atoms with Crippen molar-refractivity contribution < 1.29 is 14.6 Å². The molecule has 3 aromatic carbocycles. The van der Waals surface area contributed by atoms with Gasteiger partial charge < -0.3 is 20.3 Å². The fourth-order valence-corrected chi connectivity index (χ4v) is 4.41. The van der Waals surface area contributed by atoms with E-state index in [0.717, 1.165) is 35.3 Å². The molecule has 4 rings (SSSR count). The summed E-state index contributed by atoms with van der Waals surface area (Å²) in [7, 11) is 2.13. The maximum Gasteiger partial charge on any atom is 0.184 e. The summed E-state index contributed by atoms with van der Waals surface area (Å²) in [5.41, 5.74) is 11.1. The maximum absolute atomic E-state index is 9.42. The quantitative estimate of drug-likeness (QED) is 0.531. The Morgan fingerprint density at radius 2 is 1.45 bits per heavy atom. The molecule has 1 heterocycles. The van der Waals surface area contributed by atoms with Crippen molar-refractivity contribution in [1.82, 2.24) is 4.90 Å². The molecule has 0 aromatic heterocycles. The monoisotopic (exact) mass is 446 g/mol. The maximum atomic E-state index is 9.42. The van der Waals surface area contributed by atoms with Gasteiger partial charge in [0.2, 0.25) is 0 Å². The van der Waals surface area contributed by atoms with E-state index in [1.807, 2.05) is 42.5 Å². The summed E-state index contributed by atoms with van der Waals surface area (Å²) < 4.78 is 13.0. The Hall–Kier alpha value is -2.54. The lowest BCUT2D eigenvalue weighted by Crippen LogP contribution is -2.43. The van der Waals surface area contributed by atoms with Crippen LogP contribution >= 0.6 is 0 Å². The zero-order chi connectivity index (χ0) is 23.2. The Morgan fingerprint density at radius 1 is 0.818 bits per heavy atom. The number of benzene rings is 3. The smallest absolute Gasteiger partial charge is 0.184 e. The summed E-state index contributed by atoms with van der Waals surface area (Å²) in [5, 5.41) is 9.42. The molecule has 0 amide bonds. The second kappa shape index (κ2) is 11.1. The van der Waals surface area contributed by atoms with E-state index in [1.54, 1.807) is 0 Å². The Morgan fingerprint density at radius 3 is 2.09 bits per heavy atom. The average Bonchev–Trinajstić information content (AvgIpc) is 2.86. The van der Waals surface area contributed by atoms with Gasteiger partial charge in [-0.3, -0.25) is 4.90 Å². The van der Waals surface area contributed by atoms with Gasteiger partial charge in [0.1, 0.15) is 0 Å². The second-order valence-electron chi connectivity index (χ2n) is 8.95. The van der Waals surface area contributed by atoms with Crippen LogP contribution in [0.15, 0.2) is 78.9 Å². The van der Waals surface area contributed by atoms with Crippen molar-refractivity contribution in [2.24, 2.45) is 11.7 Å². The summed E-state index contributed by atoms with van der Waals surface area (Å²) in [6.45, 7) is 4.39. The summed E-state index contributed by atoms with van der Waals surface area (Å²) in [5.74, 6) is 0.155. The van der Waals surface area contributed by atoms with Crippen LogP contribution in [0.2, 0.25) is 0 Å². The molecule has 1 aliphatic heterocycles. The van der Waals surface area contributed by atoms with Gasteiger partial charge in [-0.2, -0.15) is 0 Å². The van der Waals surface area contributed by atoms with Gasteiger partial charge in [-0.05, 0) is 29.3 Å². The highest BCUT2D eigenvalue weighted by molar-refractivity contribution is 5.27. The topological polar surface area (TPSA) is 68.0 Å². The minimum Gasteiger partial charge on any atom is -0.392 e. The third-order valence-corrected chi connectivity index (χ3v) is 6.40. The molecule has 1 saturated heterocycles. The van der Waals surface area contributed by atoms with Gasteiger partial charge in [0, 0.05) is 31.1 Å². The molecule has 0 unspecified atom stereocenters. The van der Waals surface area contributed by atoms with Gasteiger partial charge in [-0.25, -0.2) is 0 Å². The SMILES string of the molecule is C[C@@H]1[C@H](CN(C)Cc2ccccc2)O[C@H](c2ccc(CN)cc2)O[C@@H]1c1ccc(CO)cc1. The van der Waals surface area contributed by atoms with Crippen molar-refractivity contribution in [1.29, 1.82) is 0 Å². The molecule has 5 heteroatoms. The van der Waals surface area contributed by atoms with Gasteiger partial charge >= 0.3 is 0 Å². The lowest BCUT2D eigenvalue weighted by molar-refractivity contribution is -0.276. The van der Waals surface area contributed by atoms with Crippen LogP contribution in [0.4, 0.5) is 0 Å². The predicted molar refractivity (Wildman–Crippen MR) is 130 cm³/mol. The normalized spacial score (nSPS) is 23.1. The first-order chi connectivity index (χ1) is 16.1. The van der Waals surface area contributed by atoms with Crippen molar-refractivity contribution in [3.8, 4) is 0 Å². The van der Waals surface area contributed by atoms with Crippen LogP contribution in [-0.2, 0) is 29.2 Å². The number of aliphatic hydroxyl groups excluding tert-OH is 1. The molecular weight excluding hydrogens is 412 g/mol. The third kappa shape index (κ3) is 5.88. The molecule has 1 fully saturated rings. The lowest BCUT2D eigenvalue weighted by Gasteiger charge is -2.42. The number of aliphatic hydroxyl groups is 1. The van der Waals surface area contributed by atoms with Crippen molar-refractivity contribution >= 4 is 0 Å². The molecule has 0 spiro atoms. The number of hydrogen-bond donors (Lipinski definition) is 2. The molecule has 0 saturated carbocycles. The second-order valence-corrected chi connectivity index (χ2v) is 8.95. The van der Waals surface area contributed by atoms with Gasteiger partial charge in [0.05, 0.1) is 18.8 Å². The number of nitrogens with zero attached hydrogens (tertiary/aromatic N) is 1. The number of likely N-dealkylation sites (N-methyl/N-ethyl adjacent to an activating group) is 1. The Balaban J connectivity index is 1.56. The molecule has 5 nitrogen and oxygen atoms in total. The van der Waals surface area contributed by atoms with E-state index < -0.39 is 6.29 Å².